The van der Waals surface area contributed by atoms with Crippen LogP contribution in [0.4, 0.5) is 0 Å². The summed E-state index contributed by atoms with van der Waals surface area (Å²) in [6.07, 6.45) is 11.9. The van der Waals surface area contributed by atoms with Gasteiger partial charge < -0.3 is 19.3 Å². The molecule has 0 saturated heterocycles. The average molecular weight is 415 g/mol. The van der Waals surface area contributed by atoms with Crippen molar-refractivity contribution < 1.29 is 13.9 Å². The number of furan rings is 1. The standard InChI is InChI=1S/C25H25N3O3/c1-18-6-11-23(31-18)13-10-21-15-20(27-28-21)9-7-19-8-12-24(16-25(19)29-2)30-17-22-5-3-4-14-26-22/h3-16,20,27-28H,17H2,1-2H3/b9-7+,13-10+. The molecule has 0 spiro atoms. The molecule has 2 aromatic heterocycles. The van der Waals surface area contributed by atoms with Gasteiger partial charge in [-0.05, 0) is 61.5 Å². The van der Waals surface area contributed by atoms with Crippen LogP contribution < -0.4 is 20.3 Å². The summed E-state index contributed by atoms with van der Waals surface area (Å²) in [4.78, 5) is 4.27. The molecule has 0 radical (unpaired) electrons. The van der Waals surface area contributed by atoms with Gasteiger partial charge in [0.25, 0.3) is 0 Å². The lowest BCUT2D eigenvalue weighted by molar-refractivity contribution is 0.299. The van der Waals surface area contributed by atoms with Crippen LogP contribution in [-0.2, 0) is 6.61 Å². The van der Waals surface area contributed by atoms with Crippen molar-refractivity contribution in [2.24, 2.45) is 0 Å². The van der Waals surface area contributed by atoms with Crippen molar-refractivity contribution >= 4 is 12.2 Å². The first-order chi connectivity index (χ1) is 15.2. The van der Waals surface area contributed by atoms with E-state index in [0.717, 1.165) is 40.0 Å². The second-order valence-electron chi connectivity index (χ2n) is 7.07. The molecule has 3 heterocycles. The Kier molecular flexibility index (Phi) is 6.50. The third-order valence-electron chi connectivity index (χ3n) is 4.73. The Bertz CT molecular complexity index is 1100. The molecule has 1 aliphatic heterocycles. The smallest absolute Gasteiger partial charge is 0.130 e. The largest absolute Gasteiger partial charge is 0.496 e. The third-order valence-corrected chi connectivity index (χ3v) is 4.73. The van der Waals surface area contributed by atoms with Crippen LogP contribution >= 0.6 is 0 Å². The number of nitrogens with zero attached hydrogens (tertiary/aromatic N) is 1. The highest BCUT2D eigenvalue weighted by Gasteiger charge is 2.10. The van der Waals surface area contributed by atoms with Crippen LogP contribution in [-0.4, -0.2) is 18.1 Å². The Balaban J connectivity index is 1.38. The maximum atomic E-state index is 5.83. The van der Waals surface area contributed by atoms with E-state index >= 15 is 0 Å². The first kappa shape index (κ1) is 20.5. The number of hydrogen-bond donors (Lipinski definition) is 2. The van der Waals surface area contributed by atoms with Crippen molar-refractivity contribution in [3.05, 3.63) is 101 Å². The lowest BCUT2D eigenvalue weighted by Crippen LogP contribution is -2.30. The van der Waals surface area contributed by atoms with Crippen LogP contribution in [0.25, 0.3) is 12.2 Å². The second-order valence-corrected chi connectivity index (χ2v) is 7.07. The van der Waals surface area contributed by atoms with Crippen LogP contribution in [0.3, 0.4) is 0 Å². The van der Waals surface area contributed by atoms with Crippen LogP contribution in [0.2, 0.25) is 0 Å². The zero-order chi connectivity index (χ0) is 21.5. The van der Waals surface area contributed by atoms with Crippen molar-refractivity contribution in [2.75, 3.05) is 7.11 Å². The maximum Gasteiger partial charge on any atom is 0.130 e. The minimum Gasteiger partial charge on any atom is -0.496 e. The molecule has 1 aliphatic rings. The van der Waals surface area contributed by atoms with E-state index in [1.54, 1.807) is 13.3 Å². The number of pyridine rings is 1. The highest BCUT2D eigenvalue weighted by atomic mass is 16.5. The lowest BCUT2D eigenvalue weighted by Gasteiger charge is -2.10. The number of hydrazine groups is 1. The fraction of sp³-hybridized carbons (Fsp3) is 0.160. The summed E-state index contributed by atoms with van der Waals surface area (Å²) in [6, 6.07) is 15.5. The highest BCUT2D eigenvalue weighted by Crippen LogP contribution is 2.26. The molecular formula is C25H25N3O3. The molecular weight excluding hydrogens is 390 g/mol. The van der Waals surface area contributed by atoms with Gasteiger partial charge in [-0.3, -0.25) is 4.98 Å². The van der Waals surface area contributed by atoms with Crippen molar-refractivity contribution in [3.63, 3.8) is 0 Å². The Morgan fingerprint density at radius 1 is 1.10 bits per heavy atom. The van der Waals surface area contributed by atoms with Gasteiger partial charge in [0.15, 0.2) is 0 Å². The van der Waals surface area contributed by atoms with Crippen molar-refractivity contribution in [1.29, 1.82) is 0 Å². The number of nitrogens with one attached hydrogen (secondary N) is 2. The molecule has 6 heteroatoms. The molecule has 6 nitrogen and oxygen atoms in total. The quantitative estimate of drug-likeness (QED) is 0.558. The summed E-state index contributed by atoms with van der Waals surface area (Å²) >= 11 is 0. The molecule has 0 amide bonds. The van der Waals surface area contributed by atoms with Crippen LogP contribution in [0.5, 0.6) is 11.5 Å². The molecule has 0 fully saturated rings. The molecule has 2 N–H and O–H groups in total. The number of benzene rings is 1. The monoisotopic (exact) mass is 415 g/mol. The fourth-order valence-corrected chi connectivity index (χ4v) is 3.13. The number of ether oxygens (including phenoxy) is 2. The Morgan fingerprint density at radius 2 is 2.03 bits per heavy atom. The van der Waals surface area contributed by atoms with Gasteiger partial charge >= 0.3 is 0 Å². The van der Waals surface area contributed by atoms with Gasteiger partial charge in [-0.1, -0.05) is 18.2 Å². The number of methoxy groups -OCH3 is 1. The SMILES string of the molecule is COc1cc(OCc2ccccn2)ccc1/C=C/C1C=C(/C=C/c2ccc(C)o2)NN1. The minimum absolute atomic E-state index is 0.0581. The zero-order valence-corrected chi connectivity index (χ0v) is 17.5. The minimum atomic E-state index is 0.0581. The topological polar surface area (TPSA) is 68.5 Å². The summed E-state index contributed by atoms with van der Waals surface area (Å²) in [5.74, 6) is 3.21. The predicted octanol–water partition coefficient (Wildman–Crippen LogP) is 4.66. The van der Waals surface area contributed by atoms with Crippen LogP contribution in [0.15, 0.2) is 83.1 Å². The van der Waals surface area contributed by atoms with E-state index in [2.05, 4.69) is 28.0 Å². The van der Waals surface area contributed by atoms with Gasteiger partial charge in [0.1, 0.15) is 29.6 Å². The molecule has 31 heavy (non-hydrogen) atoms. The van der Waals surface area contributed by atoms with E-state index in [1.807, 2.05) is 73.7 Å². The van der Waals surface area contributed by atoms with E-state index < -0.39 is 0 Å². The number of hydrogen-bond acceptors (Lipinski definition) is 6. The fourth-order valence-electron chi connectivity index (χ4n) is 3.13. The first-order valence-corrected chi connectivity index (χ1v) is 10.1. The summed E-state index contributed by atoms with van der Waals surface area (Å²) in [5.41, 5.74) is 9.22. The van der Waals surface area contributed by atoms with Crippen molar-refractivity contribution in [2.45, 2.75) is 19.6 Å². The Morgan fingerprint density at radius 3 is 2.81 bits per heavy atom. The Labute approximate surface area is 181 Å². The molecule has 1 atom stereocenters. The van der Waals surface area contributed by atoms with E-state index in [9.17, 15) is 0 Å². The van der Waals surface area contributed by atoms with Crippen molar-refractivity contribution in [3.8, 4) is 11.5 Å². The summed E-state index contributed by atoms with van der Waals surface area (Å²) in [5, 5.41) is 0. The van der Waals surface area contributed by atoms with Gasteiger partial charge in [0.05, 0.1) is 18.8 Å². The normalized spacial score (nSPS) is 15.9. The van der Waals surface area contributed by atoms with Gasteiger partial charge in [-0.15, -0.1) is 0 Å². The van der Waals surface area contributed by atoms with Gasteiger partial charge in [-0.2, -0.15) is 0 Å². The highest BCUT2D eigenvalue weighted by molar-refractivity contribution is 5.60. The summed E-state index contributed by atoms with van der Waals surface area (Å²) in [6.45, 7) is 2.34. The van der Waals surface area contributed by atoms with Gasteiger partial charge in [-0.25, -0.2) is 5.43 Å². The molecule has 1 aromatic carbocycles. The van der Waals surface area contributed by atoms with Crippen LogP contribution in [0, 0.1) is 6.92 Å². The van der Waals surface area contributed by atoms with Crippen LogP contribution in [0.1, 0.15) is 22.8 Å². The lowest BCUT2D eigenvalue weighted by atomic mass is 10.1. The maximum absolute atomic E-state index is 5.83. The van der Waals surface area contributed by atoms with Gasteiger partial charge in [0.2, 0.25) is 0 Å². The second kappa shape index (κ2) is 9.82. The molecule has 3 aromatic rings. The van der Waals surface area contributed by atoms with E-state index in [4.69, 9.17) is 13.9 Å². The number of allylic oxidation sites excluding steroid dienone is 1. The van der Waals surface area contributed by atoms with Gasteiger partial charge in [0, 0.05) is 23.5 Å². The number of rotatable bonds is 8. The van der Waals surface area contributed by atoms with E-state index in [0.29, 0.717) is 6.61 Å². The number of aryl methyl sites for hydroxylation is 1. The molecule has 158 valence electrons. The van der Waals surface area contributed by atoms with E-state index in [-0.39, 0.29) is 6.04 Å². The zero-order valence-electron chi connectivity index (χ0n) is 17.5. The predicted molar refractivity (Wildman–Crippen MR) is 121 cm³/mol. The third kappa shape index (κ3) is 5.65. The average Bonchev–Trinajstić information content (AvgIpc) is 3.44. The molecule has 0 aliphatic carbocycles. The summed E-state index contributed by atoms with van der Waals surface area (Å²) < 4.78 is 16.9. The molecule has 0 saturated carbocycles. The first-order valence-electron chi connectivity index (χ1n) is 10.1. The molecule has 0 bridgehead atoms. The summed E-state index contributed by atoms with van der Waals surface area (Å²) in [7, 11) is 1.66. The number of aromatic nitrogens is 1. The van der Waals surface area contributed by atoms with E-state index in [1.165, 1.54) is 0 Å². The molecule has 1 unspecified atom stereocenters. The Hall–Kier alpha value is -3.77. The van der Waals surface area contributed by atoms with Crippen molar-refractivity contribution in [1.82, 2.24) is 15.8 Å². The molecule has 4 rings (SSSR count).